The lowest BCUT2D eigenvalue weighted by Gasteiger charge is -2.11. The molecule has 0 amide bonds. The molecule has 0 spiro atoms. The van der Waals surface area contributed by atoms with Crippen molar-refractivity contribution in [1.29, 1.82) is 0 Å². The molecule has 2 heterocycles. The first-order valence-electron chi connectivity index (χ1n) is 8.41. The number of thiophene rings is 1. The van der Waals surface area contributed by atoms with Crippen molar-refractivity contribution < 1.29 is 4.74 Å². The van der Waals surface area contributed by atoms with Crippen molar-refractivity contribution in [1.82, 2.24) is 9.55 Å². The minimum atomic E-state index is 0.613. The monoisotopic (exact) mass is 348 g/mol. The van der Waals surface area contributed by atoms with E-state index in [1.165, 1.54) is 16.0 Å². The molecule has 0 bridgehead atoms. The highest BCUT2D eigenvalue weighted by atomic mass is 32.1. The largest absolute Gasteiger partial charge is 0.492 e. The van der Waals surface area contributed by atoms with E-state index in [-0.39, 0.29) is 0 Å². The zero-order valence-electron chi connectivity index (χ0n) is 14.4. The molecule has 2 aromatic carbocycles. The minimum absolute atomic E-state index is 0.613. The second-order valence-corrected chi connectivity index (χ2v) is 7.17. The first-order chi connectivity index (χ1) is 12.2. The molecule has 0 radical (unpaired) electrons. The molecule has 0 saturated heterocycles. The maximum atomic E-state index is 6.02. The Balaban J connectivity index is 1.61. The molecule has 0 fully saturated rings. The van der Waals surface area contributed by atoms with Crippen molar-refractivity contribution >= 4 is 22.4 Å². The predicted molar refractivity (Wildman–Crippen MR) is 104 cm³/mol. The summed E-state index contributed by atoms with van der Waals surface area (Å²) in [7, 11) is 0. The summed E-state index contributed by atoms with van der Waals surface area (Å²) < 4.78 is 8.27. The molecule has 3 nitrogen and oxygen atoms in total. The van der Waals surface area contributed by atoms with E-state index in [0.29, 0.717) is 6.61 Å². The topological polar surface area (TPSA) is 27.1 Å². The van der Waals surface area contributed by atoms with Crippen LogP contribution in [0.25, 0.3) is 21.7 Å². The average molecular weight is 348 g/mol. The fourth-order valence-electron chi connectivity index (χ4n) is 3.17. The average Bonchev–Trinajstić information content (AvgIpc) is 3.22. The summed E-state index contributed by atoms with van der Waals surface area (Å²) in [6, 6.07) is 18.8. The molecule has 0 aliphatic carbocycles. The molecule has 0 aliphatic rings. The number of ether oxygens (including phenoxy) is 1. The van der Waals surface area contributed by atoms with Crippen LogP contribution in [0.4, 0.5) is 0 Å². The Morgan fingerprint density at radius 1 is 1.00 bits per heavy atom. The Labute approximate surface area is 151 Å². The smallest absolute Gasteiger partial charge is 0.151 e. The van der Waals surface area contributed by atoms with Crippen LogP contribution in [0.5, 0.6) is 5.75 Å². The number of aromatic nitrogens is 2. The van der Waals surface area contributed by atoms with Gasteiger partial charge in [0.05, 0.1) is 22.5 Å². The molecule has 0 aliphatic heterocycles. The van der Waals surface area contributed by atoms with Crippen molar-refractivity contribution in [2.45, 2.75) is 20.4 Å². The number of nitrogens with zero attached hydrogens (tertiary/aromatic N) is 2. The van der Waals surface area contributed by atoms with Gasteiger partial charge >= 0.3 is 0 Å². The van der Waals surface area contributed by atoms with Crippen molar-refractivity contribution in [3.8, 4) is 16.5 Å². The normalized spacial score (nSPS) is 11.1. The van der Waals surface area contributed by atoms with Crippen LogP contribution in [0.15, 0.2) is 60.0 Å². The predicted octanol–water partition coefficient (Wildman–Crippen LogP) is 5.46. The molecule has 25 heavy (non-hydrogen) atoms. The number of fused-ring (bicyclic) bond motifs is 1. The first kappa shape index (κ1) is 15.9. The van der Waals surface area contributed by atoms with Crippen molar-refractivity contribution in [2.24, 2.45) is 0 Å². The second-order valence-electron chi connectivity index (χ2n) is 6.22. The molecule has 4 rings (SSSR count). The number of benzene rings is 2. The van der Waals surface area contributed by atoms with Gasteiger partial charge in [0, 0.05) is 0 Å². The third-order valence-corrected chi connectivity index (χ3v) is 5.04. The van der Waals surface area contributed by atoms with E-state index in [1.807, 2.05) is 6.07 Å². The fourth-order valence-corrected chi connectivity index (χ4v) is 3.89. The molecule has 2 aromatic heterocycles. The third-order valence-electron chi connectivity index (χ3n) is 4.17. The van der Waals surface area contributed by atoms with Gasteiger partial charge in [0.25, 0.3) is 0 Å². The van der Waals surface area contributed by atoms with Gasteiger partial charge in [-0.15, -0.1) is 11.3 Å². The van der Waals surface area contributed by atoms with Gasteiger partial charge in [-0.1, -0.05) is 24.3 Å². The highest BCUT2D eigenvalue weighted by Gasteiger charge is 2.13. The quantitative estimate of drug-likeness (QED) is 0.479. The van der Waals surface area contributed by atoms with Crippen molar-refractivity contribution in [3.05, 3.63) is 71.1 Å². The Morgan fingerprint density at radius 2 is 1.80 bits per heavy atom. The van der Waals surface area contributed by atoms with Gasteiger partial charge in [-0.05, 0) is 60.7 Å². The maximum absolute atomic E-state index is 6.02. The summed E-state index contributed by atoms with van der Waals surface area (Å²) in [5.74, 6) is 1.94. The summed E-state index contributed by atoms with van der Waals surface area (Å²) in [5.41, 5.74) is 4.62. The van der Waals surface area contributed by atoms with E-state index in [9.17, 15) is 0 Å². The lowest BCUT2D eigenvalue weighted by Crippen LogP contribution is -2.09. The number of imidazole rings is 1. The number of rotatable bonds is 5. The third kappa shape index (κ3) is 3.30. The lowest BCUT2D eigenvalue weighted by molar-refractivity contribution is 0.300. The summed E-state index contributed by atoms with van der Waals surface area (Å²) in [6.45, 7) is 5.57. The minimum Gasteiger partial charge on any atom is -0.492 e. The van der Waals surface area contributed by atoms with Gasteiger partial charge < -0.3 is 9.30 Å². The van der Waals surface area contributed by atoms with Crippen LogP contribution in [-0.4, -0.2) is 16.2 Å². The summed E-state index contributed by atoms with van der Waals surface area (Å²) >= 11 is 1.72. The summed E-state index contributed by atoms with van der Waals surface area (Å²) in [5, 5.41) is 2.09. The molecular formula is C21H20N2OS. The van der Waals surface area contributed by atoms with Gasteiger partial charge in [-0.2, -0.15) is 0 Å². The van der Waals surface area contributed by atoms with Gasteiger partial charge in [-0.3, -0.25) is 0 Å². The van der Waals surface area contributed by atoms with E-state index in [2.05, 4.69) is 72.3 Å². The molecule has 0 unspecified atom stereocenters. The molecule has 0 atom stereocenters. The molecule has 126 valence electrons. The van der Waals surface area contributed by atoms with Gasteiger partial charge in [0.15, 0.2) is 5.82 Å². The van der Waals surface area contributed by atoms with Crippen LogP contribution < -0.4 is 4.74 Å². The Kier molecular flexibility index (Phi) is 4.28. The maximum Gasteiger partial charge on any atom is 0.151 e. The van der Waals surface area contributed by atoms with Crippen LogP contribution in [0.1, 0.15) is 11.1 Å². The van der Waals surface area contributed by atoms with Gasteiger partial charge in [-0.25, -0.2) is 4.98 Å². The first-order valence-corrected chi connectivity index (χ1v) is 9.29. The number of aryl methyl sites for hydroxylation is 2. The fraction of sp³-hybridized carbons (Fsp3) is 0.190. The zero-order valence-corrected chi connectivity index (χ0v) is 15.2. The van der Waals surface area contributed by atoms with Gasteiger partial charge in [0.1, 0.15) is 12.4 Å². The Hall–Kier alpha value is -2.59. The van der Waals surface area contributed by atoms with E-state index in [4.69, 9.17) is 9.72 Å². The standard InChI is InChI=1S/C21H20N2OS/c1-15-12-16(2)14-17(13-15)24-10-9-23-19-7-4-3-6-18(19)22-21(23)20-8-5-11-25-20/h3-8,11-14H,9-10H2,1-2H3. The summed E-state index contributed by atoms with van der Waals surface area (Å²) in [4.78, 5) is 6.01. The lowest BCUT2D eigenvalue weighted by atomic mass is 10.1. The Bertz CT molecular complexity index is 982. The zero-order chi connectivity index (χ0) is 17.2. The van der Waals surface area contributed by atoms with E-state index in [0.717, 1.165) is 29.2 Å². The van der Waals surface area contributed by atoms with E-state index in [1.54, 1.807) is 11.3 Å². The van der Waals surface area contributed by atoms with Crippen LogP contribution >= 0.6 is 11.3 Å². The van der Waals surface area contributed by atoms with Crippen LogP contribution in [0.3, 0.4) is 0 Å². The Morgan fingerprint density at radius 3 is 2.56 bits per heavy atom. The SMILES string of the molecule is Cc1cc(C)cc(OCCn2c(-c3cccs3)nc3ccccc32)c1. The van der Waals surface area contributed by atoms with Crippen LogP contribution in [0.2, 0.25) is 0 Å². The number of hydrogen-bond acceptors (Lipinski definition) is 3. The second kappa shape index (κ2) is 6.73. The molecule has 4 heteroatoms. The molecule has 0 N–H and O–H groups in total. The van der Waals surface area contributed by atoms with E-state index >= 15 is 0 Å². The van der Waals surface area contributed by atoms with Crippen molar-refractivity contribution in [2.75, 3.05) is 6.61 Å². The van der Waals surface area contributed by atoms with E-state index < -0.39 is 0 Å². The molecule has 4 aromatic rings. The van der Waals surface area contributed by atoms with Crippen LogP contribution in [0, 0.1) is 13.8 Å². The molecular weight excluding hydrogens is 328 g/mol. The summed E-state index contributed by atoms with van der Waals surface area (Å²) in [6.07, 6.45) is 0. The van der Waals surface area contributed by atoms with Crippen molar-refractivity contribution in [3.63, 3.8) is 0 Å². The molecule has 0 saturated carbocycles. The van der Waals surface area contributed by atoms with Gasteiger partial charge in [0.2, 0.25) is 0 Å². The highest BCUT2D eigenvalue weighted by Crippen LogP contribution is 2.28. The number of para-hydroxylation sites is 2. The number of hydrogen-bond donors (Lipinski definition) is 0. The van der Waals surface area contributed by atoms with Crippen LogP contribution in [-0.2, 0) is 6.54 Å². The highest BCUT2D eigenvalue weighted by molar-refractivity contribution is 7.13.